The van der Waals surface area contributed by atoms with E-state index in [4.69, 9.17) is 23.6 Å². The Hall–Kier alpha value is -5.12. The lowest BCUT2D eigenvalue weighted by atomic mass is 9.92. The molecule has 4 aromatic rings. The molecule has 1 N–H and O–H groups in total. The zero-order valence-corrected chi connectivity index (χ0v) is 22.2. The molecule has 1 aromatic heterocycles. The van der Waals surface area contributed by atoms with Gasteiger partial charge in [-0.25, -0.2) is 4.79 Å². The van der Waals surface area contributed by atoms with Crippen LogP contribution in [-0.4, -0.2) is 44.1 Å². The molecule has 1 aliphatic carbocycles. The van der Waals surface area contributed by atoms with Crippen LogP contribution in [0.5, 0.6) is 17.2 Å². The Morgan fingerprint density at radius 1 is 0.875 bits per heavy atom. The number of fused-ring (bicyclic) bond motifs is 1. The minimum atomic E-state index is -0.666. The van der Waals surface area contributed by atoms with Gasteiger partial charge in [0.05, 0.1) is 38.2 Å². The Morgan fingerprint density at radius 2 is 1.68 bits per heavy atom. The number of nitrogens with one attached hydrogen (secondary N) is 1. The summed E-state index contributed by atoms with van der Waals surface area (Å²) >= 11 is 0. The van der Waals surface area contributed by atoms with Crippen molar-refractivity contribution in [3.8, 4) is 28.5 Å². The van der Waals surface area contributed by atoms with Crippen LogP contribution in [0.2, 0.25) is 0 Å². The first-order valence-corrected chi connectivity index (χ1v) is 12.6. The molecule has 0 radical (unpaired) electrons. The second-order valence-electron chi connectivity index (χ2n) is 8.94. The lowest BCUT2D eigenvalue weighted by Crippen LogP contribution is -2.14. The summed E-state index contributed by atoms with van der Waals surface area (Å²) in [5, 5.41) is 11.3. The number of methoxy groups -OCH3 is 3. The maximum atomic E-state index is 12.9. The van der Waals surface area contributed by atoms with Gasteiger partial charge in [-0.3, -0.25) is 4.79 Å². The predicted molar refractivity (Wildman–Crippen MR) is 147 cm³/mol. The molecule has 0 bridgehead atoms. The van der Waals surface area contributed by atoms with E-state index in [1.165, 1.54) is 13.2 Å². The average molecular weight is 542 g/mol. The molecule has 1 aliphatic rings. The van der Waals surface area contributed by atoms with E-state index in [0.29, 0.717) is 64.1 Å². The molecule has 0 unspecified atom stereocenters. The third kappa shape index (κ3) is 5.51. The lowest BCUT2D eigenvalue weighted by Gasteiger charge is -2.13. The topological polar surface area (TPSA) is 121 Å². The maximum Gasteiger partial charge on any atom is 0.365 e. The summed E-state index contributed by atoms with van der Waals surface area (Å²) in [4.78, 5) is 30.9. The van der Waals surface area contributed by atoms with E-state index in [0.717, 1.165) is 12.0 Å². The fraction of sp³-hybridized carbons (Fsp3) is 0.200. The van der Waals surface area contributed by atoms with E-state index in [1.807, 2.05) is 6.07 Å². The average Bonchev–Trinajstić information content (AvgIpc) is 3.44. The van der Waals surface area contributed by atoms with Gasteiger partial charge in [0.25, 0.3) is 5.91 Å². The number of ether oxygens (including phenoxy) is 3. The number of nitrogens with zero attached hydrogens (tertiary/aromatic N) is 2. The SMILES string of the molecule is COc1cccc(C(=O)Nc2cccc(C(=O)O/N=C3\CCCc4onc(-c5ccc(OC)c(OC)c5)c43)c2)c1. The van der Waals surface area contributed by atoms with Crippen molar-refractivity contribution in [2.75, 3.05) is 26.6 Å². The van der Waals surface area contributed by atoms with Crippen molar-refractivity contribution in [3.63, 3.8) is 0 Å². The van der Waals surface area contributed by atoms with Crippen molar-refractivity contribution in [3.05, 3.63) is 89.2 Å². The molecule has 10 heteroatoms. The highest BCUT2D eigenvalue weighted by Crippen LogP contribution is 2.36. The number of aromatic nitrogens is 1. The molecule has 0 aliphatic heterocycles. The highest BCUT2D eigenvalue weighted by molar-refractivity contribution is 6.07. The molecule has 0 atom stereocenters. The van der Waals surface area contributed by atoms with Gasteiger partial charge in [0.15, 0.2) is 11.5 Å². The lowest BCUT2D eigenvalue weighted by molar-refractivity contribution is 0.0515. The number of rotatable bonds is 8. The van der Waals surface area contributed by atoms with Gasteiger partial charge in [0.2, 0.25) is 0 Å². The summed E-state index contributed by atoms with van der Waals surface area (Å²) < 4.78 is 21.5. The quantitative estimate of drug-likeness (QED) is 0.229. The molecule has 10 nitrogen and oxygen atoms in total. The molecule has 1 amide bonds. The predicted octanol–water partition coefficient (Wildman–Crippen LogP) is 5.52. The first kappa shape index (κ1) is 26.5. The molecule has 3 aromatic carbocycles. The van der Waals surface area contributed by atoms with E-state index in [1.54, 1.807) is 68.8 Å². The van der Waals surface area contributed by atoms with Crippen LogP contribution < -0.4 is 19.5 Å². The minimum Gasteiger partial charge on any atom is -0.497 e. The normalized spacial score (nSPS) is 13.3. The molecular weight excluding hydrogens is 514 g/mol. The highest BCUT2D eigenvalue weighted by Gasteiger charge is 2.27. The molecule has 0 spiro atoms. The van der Waals surface area contributed by atoms with Crippen LogP contribution in [0.25, 0.3) is 11.3 Å². The van der Waals surface area contributed by atoms with Gasteiger partial charge >= 0.3 is 5.97 Å². The number of aryl methyl sites for hydroxylation is 1. The molecule has 204 valence electrons. The fourth-order valence-electron chi connectivity index (χ4n) is 4.45. The van der Waals surface area contributed by atoms with Gasteiger partial charge in [-0.1, -0.05) is 22.4 Å². The Bertz CT molecular complexity index is 1590. The number of anilines is 1. The van der Waals surface area contributed by atoms with Gasteiger partial charge in [-0.15, -0.1) is 0 Å². The van der Waals surface area contributed by atoms with Gasteiger partial charge in [0, 0.05) is 23.2 Å². The summed E-state index contributed by atoms with van der Waals surface area (Å²) in [7, 11) is 4.66. The second-order valence-corrected chi connectivity index (χ2v) is 8.94. The Labute approximate surface area is 230 Å². The van der Waals surface area contributed by atoms with Crippen LogP contribution in [-0.2, 0) is 11.3 Å². The van der Waals surface area contributed by atoms with Crippen LogP contribution in [0.1, 0.15) is 44.9 Å². The van der Waals surface area contributed by atoms with E-state index in [9.17, 15) is 9.59 Å². The molecule has 0 saturated carbocycles. The van der Waals surface area contributed by atoms with Crippen molar-refractivity contribution in [2.24, 2.45) is 5.16 Å². The zero-order valence-electron chi connectivity index (χ0n) is 22.2. The van der Waals surface area contributed by atoms with Crippen molar-refractivity contribution < 1.29 is 33.2 Å². The van der Waals surface area contributed by atoms with Crippen molar-refractivity contribution >= 4 is 23.3 Å². The van der Waals surface area contributed by atoms with E-state index >= 15 is 0 Å². The van der Waals surface area contributed by atoms with Crippen LogP contribution in [0.15, 0.2) is 76.4 Å². The van der Waals surface area contributed by atoms with Gasteiger partial charge < -0.3 is 28.9 Å². The van der Waals surface area contributed by atoms with E-state index in [2.05, 4.69) is 15.6 Å². The van der Waals surface area contributed by atoms with Crippen LogP contribution >= 0.6 is 0 Å². The zero-order chi connectivity index (χ0) is 28.1. The van der Waals surface area contributed by atoms with Gasteiger partial charge in [-0.2, -0.15) is 0 Å². The molecular formula is C30H27N3O7. The molecule has 0 fully saturated rings. The minimum absolute atomic E-state index is 0.231. The number of carbonyl (C=O) groups is 2. The smallest absolute Gasteiger partial charge is 0.365 e. The van der Waals surface area contributed by atoms with Gasteiger partial charge in [0.1, 0.15) is 17.2 Å². The summed E-state index contributed by atoms with van der Waals surface area (Å²) in [6, 6.07) is 18.7. The number of amides is 1. The number of hydrogen-bond donors (Lipinski definition) is 1. The molecule has 40 heavy (non-hydrogen) atoms. The van der Waals surface area contributed by atoms with Crippen LogP contribution in [0, 0.1) is 0 Å². The van der Waals surface area contributed by atoms with Crippen LogP contribution in [0.4, 0.5) is 5.69 Å². The maximum absolute atomic E-state index is 12.9. The Balaban J connectivity index is 1.34. The third-order valence-electron chi connectivity index (χ3n) is 6.45. The molecule has 1 heterocycles. The molecule has 5 rings (SSSR count). The monoisotopic (exact) mass is 541 g/mol. The van der Waals surface area contributed by atoms with Crippen molar-refractivity contribution in [1.82, 2.24) is 5.16 Å². The van der Waals surface area contributed by atoms with Crippen molar-refractivity contribution in [1.29, 1.82) is 0 Å². The highest BCUT2D eigenvalue weighted by atomic mass is 16.7. The first-order valence-electron chi connectivity index (χ1n) is 12.6. The third-order valence-corrected chi connectivity index (χ3v) is 6.45. The second kappa shape index (κ2) is 11.7. The summed E-state index contributed by atoms with van der Waals surface area (Å²) in [5.74, 6) is 1.38. The van der Waals surface area contributed by atoms with Gasteiger partial charge in [-0.05, 0) is 67.4 Å². The number of carbonyl (C=O) groups excluding carboxylic acids is 2. The standard InChI is InChI=1S/C30H27N3O7/c1-36-22-10-5-7-19(16-22)29(34)31-21-9-4-8-20(15-21)30(35)40-32-23-11-6-12-25-27(23)28(33-39-25)18-13-14-24(37-2)26(17-18)38-3/h4-5,7-10,13-17H,6,11-12H2,1-3H3,(H,31,34)/b32-23+. The first-order chi connectivity index (χ1) is 19.5. The van der Waals surface area contributed by atoms with Crippen molar-refractivity contribution in [2.45, 2.75) is 19.3 Å². The number of oxime groups is 1. The van der Waals surface area contributed by atoms with E-state index < -0.39 is 5.97 Å². The summed E-state index contributed by atoms with van der Waals surface area (Å²) in [6.45, 7) is 0. The fourth-order valence-corrected chi connectivity index (χ4v) is 4.45. The molecule has 0 saturated heterocycles. The number of hydrogen-bond acceptors (Lipinski definition) is 9. The van der Waals surface area contributed by atoms with Crippen LogP contribution in [0.3, 0.4) is 0 Å². The summed E-state index contributed by atoms with van der Waals surface area (Å²) in [6.07, 6.45) is 2.05. The Morgan fingerprint density at radius 3 is 2.48 bits per heavy atom. The Kier molecular flexibility index (Phi) is 7.77. The number of benzene rings is 3. The largest absolute Gasteiger partial charge is 0.497 e. The van der Waals surface area contributed by atoms with E-state index in [-0.39, 0.29) is 11.5 Å². The summed E-state index contributed by atoms with van der Waals surface area (Å²) in [5.41, 5.74) is 3.68.